The van der Waals surface area contributed by atoms with Crippen molar-refractivity contribution in [1.29, 1.82) is 0 Å². The largest absolute Gasteiger partial charge is 0.382 e. The smallest absolute Gasteiger partial charge is 0.271 e. The highest BCUT2D eigenvalue weighted by Crippen LogP contribution is 2.27. The summed E-state index contributed by atoms with van der Waals surface area (Å²) in [7, 11) is 0. The van der Waals surface area contributed by atoms with Gasteiger partial charge in [0.1, 0.15) is 11.5 Å². The number of nitrogens with one attached hydrogen (secondary N) is 1. The van der Waals surface area contributed by atoms with Crippen LogP contribution < -0.4 is 11.1 Å². The SMILES string of the molecule is Nc1cncc(C(=O)NC2CCN3CCCCC23)n1. The van der Waals surface area contributed by atoms with Gasteiger partial charge in [-0.1, -0.05) is 6.42 Å². The molecule has 2 atom stereocenters. The van der Waals surface area contributed by atoms with E-state index in [2.05, 4.69) is 20.2 Å². The normalized spacial score (nSPS) is 26.9. The molecule has 0 saturated carbocycles. The van der Waals surface area contributed by atoms with Gasteiger partial charge in [0, 0.05) is 18.6 Å². The first-order valence-corrected chi connectivity index (χ1v) is 6.86. The second kappa shape index (κ2) is 5.13. The highest BCUT2D eigenvalue weighted by Gasteiger charge is 2.36. The Labute approximate surface area is 112 Å². The fourth-order valence-electron chi connectivity index (χ4n) is 3.15. The molecule has 1 amide bonds. The van der Waals surface area contributed by atoms with Crippen LogP contribution in [0.15, 0.2) is 12.4 Å². The number of hydrogen-bond donors (Lipinski definition) is 2. The number of nitrogens with two attached hydrogens (primary N) is 1. The molecule has 0 bridgehead atoms. The van der Waals surface area contributed by atoms with Crippen molar-refractivity contribution in [2.45, 2.75) is 37.8 Å². The Morgan fingerprint density at radius 2 is 2.21 bits per heavy atom. The second-order valence-corrected chi connectivity index (χ2v) is 5.30. The summed E-state index contributed by atoms with van der Waals surface area (Å²) in [5.41, 5.74) is 5.85. The third-order valence-electron chi connectivity index (χ3n) is 4.06. The fourth-order valence-corrected chi connectivity index (χ4v) is 3.15. The highest BCUT2D eigenvalue weighted by atomic mass is 16.2. The van der Waals surface area contributed by atoms with E-state index < -0.39 is 0 Å². The predicted octanol–water partition coefficient (Wildman–Crippen LogP) is 0.415. The number of aromatic nitrogens is 2. The maximum atomic E-state index is 12.1. The molecular formula is C13H19N5O. The minimum absolute atomic E-state index is 0.169. The van der Waals surface area contributed by atoms with Gasteiger partial charge in [-0.3, -0.25) is 14.7 Å². The highest BCUT2D eigenvalue weighted by molar-refractivity contribution is 5.92. The molecule has 3 rings (SSSR count). The molecule has 19 heavy (non-hydrogen) atoms. The molecule has 1 aromatic rings. The number of anilines is 1. The van der Waals surface area contributed by atoms with Crippen molar-refractivity contribution < 1.29 is 4.79 Å². The van der Waals surface area contributed by atoms with Gasteiger partial charge in [0.2, 0.25) is 0 Å². The lowest BCUT2D eigenvalue weighted by Crippen LogP contribution is -2.47. The van der Waals surface area contributed by atoms with E-state index in [-0.39, 0.29) is 17.8 Å². The van der Waals surface area contributed by atoms with Crippen molar-refractivity contribution in [2.75, 3.05) is 18.8 Å². The molecule has 0 radical (unpaired) electrons. The Morgan fingerprint density at radius 3 is 3.05 bits per heavy atom. The summed E-state index contributed by atoms with van der Waals surface area (Å²) in [6, 6.07) is 0.725. The molecule has 3 heterocycles. The Morgan fingerprint density at radius 1 is 1.32 bits per heavy atom. The molecule has 6 heteroatoms. The number of hydrogen-bond acceptors (Lipinski definition) is 5. The van der Waals surface area contributed by atoms with Crippen LogP contribution in [0.1, 0.15) is 36.2 Å². The Kier molecular flexibility index (Phi) is 3.33. The lowest BCUT2D eigenvalue weighted by Gasteiger charge is -2.32. The van der Waals surface area contributed by atoms with E-state index in [1.807, 2.05) is 0 Å². The quantitative estimate of drug-likeness (QED) is 0.806. The van der Waals surface area contributed by atoms with Gasteiger partial charge in [-0.15, -0.1) is 0 Å². The van der Waals surface area contributed by atoms with Crippen LogP contribution in [0, 0.1) is 0 Å². The van der Waals surface area contributed by atoms with Crippen molar-refractivity contribution in [1.82, 2.24) is 20.2 Å². The minimum atomic E-state index is -0.169. The second-order valence-electron chi connectivity index (χ2n) is 5.30. The van der Waals surface area contributed by atoms with E-state index in [1.165, 1.54) is 31.7 Å². The summed E-state index contributed by atoms with van der Waals surface area (Å²) < 4.78 is 0. The topological polar surface area (TPSA) is 84.1 Å². The Hall–Kier alpha value is -1.69. The number of fused-ring (bicyclic) bond motifs is 1. The van der Waals surface area contributed by atoms with Crippen LogP contribution in [0.2, 0.25) is 0 Å². The van der Waals surface area contributed by atoms with Gasteiger partial charge in [-0.25, -0.2) is 4.98 Å². The van der Waals surface area contributed by atoms with Crippen molar-refractivity contribution in [2.24, 2.45) is 0 Å². The number of amides is 1. The standard InChI is InChI=1S/C13H19N5O/c14-12-8-15-7-10(16-12)13(19)17-9-4-6-18-5-2-1-3-11(9)18/h7-9,11H,1-6H2,(H2,14,16)(H,17,19). The number of nitrogens with zero attached hydrogens (tertiary/aromatic N) is 3. The first-order valence-electron chi connectivity index (χ1n) is 6.86. The average molecular weight is 261 g/mol. The molecule has 2 aliphatic rings. The van der Waals surface area contributed by atoms with E-state index in [4.69, 9.17) is 5.73 Å². The zero-order chi connectivity index (χ0) is 13.2. The van der Waals surface area contributed by atoms with Crippen LogP contribution in [0.4, 0.5) is 5.82 Å². The van der Waals surface area contributed by atoms with Crippen molar-refractivity contribution in [3.05, 3.63) is 18.1 Å². The minimum Gasteiger partial charge on any atom is -0.382 e. The fraction of sp³-hybridized carbons (Fsp3) is 0.615. The van der Waals surface area contributed by atoms with Crippen molar-refractivity contribution in [3.8, 4) is 0 Å². The maximum Gasteiger partial charge on any atom is 0.271 e. The zero-order valence-corrected chi connectivity index (χ0v) is 10.9. The van der Waals surface area contributed by atoms with Crippen molar-refractivity contribution in [3.63, 3.8) is 0 Å². The molecule has 2 aliphatic heterocycles. The van der Waals surface area contributed by atoms with Gasteiger partial charge in [0.05, 0.1) is 12.4 Å². The monoisotopic (exact) mass is 261 g/mol. The van der Waals surface area contributed by atoms with E-state index >= 15 is 0 Å². The van der Waals surface area contributed by atoms with Crippen molar-refractivity contribution >= 4 is 11.7 Å². The Bertz CT molecular complexity index is 478. The number of piperidine rings is 1. The summed E-state index contributed by atoms with van der Waals surface area (Å²) in [4.78, 5) is 22.5. The maximum absolute atomic E-state index is 12.1. The molecule has 2 fully saturated rings. The van der Waals surface area contributed by atoms with E-state index in [0.29, 0.717) is 11.7 Å². The number of carbonyl (C=O) groups is 1. The number of nitrogen functional groups attached to an aromatic ring is 1. The molecule has 2 saturated heterocycles. The van der Waals surface area contributed by atoms with Gasteiger partial charge < -0.3 is 11.1 Å². The van der Waals surface area contributed by atoms with Gasteiger partial charge in [0.25, 0.3) is 5.91 Å². The number of carbonyl (C=O) groups excluding carboxylic acids is 1. The average Bonchev–Trinajstić information content (AvgIpc) is 2.82. The third kappa shape index (κ3) is 2.53. The molecule has 6 nitrogen and oxygen atoms in total. The molecule has 0 aliphatic carbocycles. The summed E-state index contributed by atoms with van der Waals surface area (Å²) >= 11 is 0. The zero-order valence-electron chi connectivity index (χ0n) is 10.9. The summed E-state index contributed by atoms with van der Waals surface area (Å²) in [6.45, 7) is 2.24. The molecule has 0 aromatic carbocycles. The predicted molar refractivity (Wildman–Crippen MR) is 71.5 cm³/mol. The Balaban J connectivity index is 1.66. The molecular weight excluding hydrogens is 242 g/mol. The van der Waals surface area contributed by atoms with Crippen LogP contribution in [-0.2, 0) is 0 Å². The molecule has 3 N–H and O–H groups in total. The van der Waals surface area contributed by atoms with Crippen LogP contribution in [-0.4, -0.2) is 45.9 Å². The molecule has 2 unspecified atom stereocenters. The van der Waals surface area contributed by atoms with E-state index in [9.17, 15) is 4.79 Å². The van der Waals surface area contributed by atoms with Gasteiger partial charge >= 0.3 is 0 Å². The lowest BCUT2D eigenvalue weighted by molar-refractivity contribution is 0.0910. The van der Waals surface area contributed by atoms with Crippen LogP contribution >= 0.6 is 0 Å². The molecule has 102 valence electrons. The summed E-state index contributed by atoms with van der Waals surface area (Å²) in [5, 5.41) is 3.08. The van der Waals surface area contributed by atoms with Gasteiger partial charge in [0.15, 0.2) is 0 Å². The number of rotatable bonds is 2. The summed E-state index contributed by atoms with van der Waals surface area (Å²) in [6.07, 6.45) is 7.62. The molecule has 1 aromatic heterocycles. The first kappa shape index (κ1) is 12.3. The van der Waals surface area contributed by atoms with Gasteiger partial charge in [-0.2, -0.15) is 0 Å². The molecule has 0 spiro atoms. The lowest BCUT2D eigenvalue weighted by atomic mass is 9.99. The van der Waals surface area contributed by atoms with E-state index in [0.717, 1.165) is 19.5 Å². The summed E-state index contributed by atoms with van der Waals surface area (Å²) in [5.74, 6) is 0.107. The van der Waals surface area contributed by atoms with Crippen LogP contribution in [0.25, 0.3) is 0 Å². The van der Waals surface area contributed by atoms with Gasteiger partial charge in [-0.05, 0) is 25.8 Å². The first-order chi connectivity index (χ1) is 9.24. The van der Waals surface area contributed by atoms with Crippen LogP contribution in [0.5, 0.6) is 0 Å². The van der Waals surface area contributed by atoms with Crippen LogP contribution in [0.3, 0.4) is 0 Å². The third-order valence-corrected chi connectivity index (χ3v) is 4.06. The van der Waals surface area contributed by atoms with E-state index in [1.54, 1.807) is 0 Å².